The van der Waals surface area contributed by atoms with Gasteiger partial charge in [0, 0.05) is 13.0 Å². The Hall–Kier alpha value is -1.35. The Morgan fingerprint density at radius 3 is 2.71 bits per heavy atom. The highest BCUT2D eigenvalue weighted by Crippen LogP contribution is 2.20. The zero-order valence-corrected chi connectivity index (χ0v) is 12.9. The van der Waals surface area contributed by atoms with Gasteiger partial charge in [0.2, 0.25) is 0 Å². The van der Waals surface area contributed by atoms with Crippen molar-refractivity contribution in [3.8, 4) is 5.75 Å². The zero-order valence-electron chi connectivity index (χ0n) is 12.9. The molecule has 0 radical (unpaired) electrons. The van der Waals surface area contributed by atoms with Crippen molar-refractivity contribution in [2.75, 3.05) is 26.2 Å². The van der Waals surface area contributed by atoms with E-state index in [1.807, 2.05) is 18.2 Å². The molecule has 0 unspecified atom stereocenters. The summed E-state index contributed by atoms with van der Waals surface area (Å²) in [6.45, 7) is 4.43. The highest BCUT2D eigenvalue weighted by molar-refractivity contribution is 5.49. The van der Waals surface area contributed by atoms with Crippen LogP contribution in [0.3, 0.4) is 0 Å². The molecule has 1 aliphatic rings. The number of carbonyl (C=O) groups excluding carboxylic acids is 1. The Bertz CT molecular complexity index is 413. The smallest absolute Gasteiger partial charge is 0.122 e. The molecule has 1 saturated heterocycles. The molecular weight excluding hydrogens is 262 g/mol. The van der Waals surface area contributed by atoms with Crippen molar-refractivity contribution in [3.63, 3.8) is 0 Å². The van der Waals surface area contributed by atoms with E-state index in [1.54, 1.807) is 0 Å². The first-order valence-corrected chi connectivity index (χ1v) is 8.27. The zero-order chi connectivity index (χ0) is 14.8. The second-order valence-corrected chi connectivity index (χ2v) is 5.77. The molecule has 1 heterocycles. The van der Waals surface area contributed by atoms with Crippen LogP contribution < -0.4 is 4.74 Å². The molecule has 0 amide bonds. The first-order valence-electron chi connectivity index (χ1n) is 8.27. The summed E-state index contributed by atoms with van der Waals surface area (Å²) < 4.78 is 5.94. The lowest BCUT2D eigenvalue weighted by Gasteiger charge is -2.26. The molecule has 21 heavy (non-hydrogen) atoms. The van der Waals surface area contributed by atoms with E-state index >= 15 is 0 Å². The minimum Gasteiger partial charge on any atom is -0.493 e. The van der Waals surface area contributed by atoms with Crippen molar-refractivity contribution in [2.24, 2.45) is 0 Å². The third-order valence-corrected chi connectivity index (χ3v) is 4.07. The number of para-hydroxylation sites is 1. The average Bonchev–Trinajstić information content (AvgIpc) is 2.54. The lowest BCUT2D eigenvalue weighted by molar-refractivity contribution is -0.107. The van der Waals surface area contributed by atoms with Crippen LogP contribution >= 0.6 is 0 Å². The summed E-state index contributed by atoms with van der Waals surface area (Å²) in [5.41, 5.74) is 1.22. The summed E-state index contributed by atoms with van der Waals surface area (Å²) in [5, 5.41) is 0. The molecule has 0 N–H and O–H groups in total. The predicted molar refractivity (Wildman–Crippen MR) is 85.8 cm³/mol. The third kappa shape index (κ3) is 5.88. The van der Waals surface area contributed by atoms with Crippen molar-refractivity contribution in [2.45, 2.75) is 44.9 Å². The van der Waals surface area contributed by atoms with E-state index < -0.39 is 0 Å². The molecule has 3 heteroatoms. The summed E-state index contributed by atoms with van der Waals surface area (Å²) in [5.74, 6) is 0.988. The number of carbonyl (C=O) groups is 1. The van der Waals surface area contributed by atoms with E-state index in [0.717, 1.165) is 44.4 Å². The number of benzene rings is 1. The van der Waals surface area contributed by atoms with E-state index in [1.165, 1.54) is 37.9 Å². The van der Waals surface area contributed by atoms with Crippen LogP contribution in [0.2, 0.25) is 0 Å². The van der Waals surface area contributed by atoms with Crippen molar-refractivity contribution in [3.05, 3.63) is 29.8 Å². The fraction of sp³-hybridized carbons (Fsp3) is 0.611. The number of aryl methyl sites for hydroxylation is 1. The molecule has 0 saturated carbocycles. The molecule has 2 rings (SSSR count). The molecule has 0 atom stereocenters. The van der Waals surface area contributed by atoms with Gasteiger partial charge in [-0.15, -0.1) is 0 Å². The van der Waals surface area contributed by atoms with E-state index in [4.69, 9.17) is 4.74 Å². The van der Waals surface area contributed by atoms with Crippen molar-refractivity contribution in [1.29, 1.82) is 0 Å². The standard InChI is InChI=1S/C18H27NO2/c20-15-7-4-10-17-9-2-3-11-18(17)21-16-8-14-19-12-5-1-6-13-19/h2-3,9,11,15H,1,4-8,10,12-14,16H2. The third-order valence-electron chi connectivity index (χ3n) is 4.07. The van der Waals surface area contributed by atoms with Gasteiger partial charge in [-0.2, -0.15) is 0 Å². The molecule has 1 aromatic rings. The number of unbranched alkanes of at least 4 members (excludes halogenated alkanes) is 1. The number of piperidine rings is 1. The molecule has 0 bridgehead atoms. The monoisotopic (exact) mass is 289 g/mol. The lowest BCUT2D eigenvalue weighted by Crippen LogP contribution is -2.31. The van der Waals surface area contributed by atoms with Gasteiger partial charge < -0.3 is 14.4 Å². The number of ether oxygens (including phenoxy) is 1. The molecule has 1 aromatic carbocycles. The van der Waals surface area contributed by atoms with Gasteiger partial charge in [-0.1, -0.05) is 24.6 Å². The van der Waals surface area contributed by atoms with Crippen molar-refractivity contribution in [1.82, 2.24) is 4.90 Å². The van der Waals surface area contributed by atoms with Crippen molar-refractivity contribution >= 4 is 6.29 Å². The molecule has 1 aliphatic heterocycles. The normalized spacial score (nSPS) is 15.8. The second-order valence-electron chi connectivity index (χ2n) is 5.77. The van der Waals surface area contributed by atoms with E-state index in [2.05, 4.69) is 11.0 Å². The fourth-order valence-corrected chi connectivity index (χ4v) is 2.88. The van der Waals surface area contributed by atoms with Gasteiger partial charge in [0.25, 0.3) is 0 Å². The largest absolute Gasteiger partial charge is 0.493 e. The quantitative estimate of drug-likeness (QED) is 0.515. The van der Waals surface area contributed by atoms with Crippen LogP contribution in [0.1, 0.15) is 44.1 Å². The Morgan fingerprint density at radius 2 is 1.90 bits per heavy atom. The van der Waals surface area contributed by atoms with Crippen LogP contribution in [0.4, 0.5) is 0 Å². The van der Waals surface area contributed by atoms with Gasteiger partial charge in [0.15, 0.2) is 0 Å². The predicted octanol–water partition coefficient (Wildman–Crippen LogP) is 3.46. The number of rotatable bonds is 9. The molecule has 3 nitrogen and oxygen atoms in total. The van der Waals surface area contributed by atoms with Crippen LogP contribution in [0.5, 0.6) is 5.75 Å². The van der Waals surface area contributed by atoms with Crippen LogP contribution in [-0.4, -0.2) is 37.4 Å². The summed E-state index contributed by atoms with van der Waals surface area (Å²) in [6.07, 6.45) is 8.61. The molecule has 0 aromatic heterocycles. The Labute approximate surface area is 128 Å². The van der Waals surface area contributed by atoms with E-state index in [-0.39, 0.29) is 0 Å². The van der Waals surface area contributed by atoms with Gasteiger partial charge in [-0.05, 0) is 56.8 Å². The summed E-state index contributed by atoms with van der Waals surface area (Å²) in [7, 11) is 0. The molecule has 1 fully saturated rings. The summed E-state index contributed by atoms with van der Waals surface area (Å²) >= 11 is 0. The summed E-state index contributed by atoms with van der Waals surface area (Å²) in [6, 6.07) is 8.20. The van der Waals surface area contributed by atoms with Crippen LogP contribution in [-0.2, 0) is 11.2 Å². The first kappa shape index (κ1) is 16.0. The van der Waals surface area contributed by atoms with Gasteiger partial charge >= 0.3 is 0 Å². The number of hydrogen-bond donors (Lipinski definition) is 0. The van der Waals surface area contributed by atoms with Gasteiger partial charge in [0.1, 0.15) is 12.0 Å². The fourth-order valence-electron chi connectivity index (χ4n) is 2.88. The first-order chi connectivity index (χ1) is 10.4. The minimum atomic E-state index is 0.628. The molecule has 0 aliphatic carbocycles. The number of nitrogens with zero attached hydrogens (tertiary/aromatic N) is 1. The van der Waals surface area contributed by atoms with E-state index in [9.17, 15) is 4.79 Å². The number of hydrogen-bond acceptors (Lipinski definition) is 3. The highest BCUT2D eigenvalue weighted by Gasteiger charge is 2.09. The lowest BCUT2D eigenvalue weighted by atomic mass is 10.1. The number of aldehydes is 1. The number of likely N-dealkylation sites (tertiary alicyclic amines) is 1. The van der Waals surface area contributed by atoms with Gasteiger partial charge in [-0.3, -0.25) is 0 Å². The van der Waals surface area contributed by atoms with Crippen LogP contribution in [0.25, 0.3) is 0 Å². The molecule has 116 valence electrons. The maximum Gasteiger partial charge on any atom is 0.122 e. The maximum atomic E-state index is 10.4. The SMILES string of the molecule is O=CCCCc1ccccc1OCCCN1CCCCC1. The minimum absolute atomic E-state index is 0.628. The molecular formula is C18H27NO2. The van der Waals surface area contributed by atoms with Gasteiger partial charge in [0.05, 0.1) is 6.61 Å². The average molecular weight is 289 g/mol. The van der Waals surface area contributed by atoms with Crippen molar-refractivity contribution < 1.29 is 9.53 Å². The Balaban J connectivity index is 1.70. The van der Waals surface area contributed by atoms with Crippen LogP contribution in [0, 0.1) is 0 Å². The maximum absolute atomic E-state index is 10.4. The summed E-state index contributed by atoms with van der Waals surface area (Å²) in [4.78, 5) is 12.9. The highest BCUT2D eigenvalue weighted by atomic mass is 16.5. The van der Waals surface area contributed by atoms with Crippen LogP contribution in [0.15, 0.2) is 24.3 Å². The topological polar surface area (TPSA) is 29.5 Å². The van der Waals surface area contributed by atoms with E-state index in [0.29, 0.717) is 6.42 Å². The Kier molecular flexibility index (Phi) is 7.30. The second kappa shape index (κ2) is 9.56. The Morgan fingerprint density at radius 1 is 1.10 bits per heavy atom. The van der Waals surface area contributed by atoms with Gasteiger partial charge in [-0.25, -0.2) is 0 Å². The molecule has 0 spiro atoms.